The van der Waals surface area contributed by atoms with E-state index in [2.05, 4.69) is 20.9 Å². The molecule has 5 rings (SSSR count). The maximum atomic E-state index is 14.2. The van der Waals surface area contributed by atoms with Crippen LogP contribution in [0.3, 0.4) is 0 Å². The van der Waals surface area contributed by atoms with Crippen molar-refractivity contribution in [2.24, 2.45) is 7.05 Å². The van der Waals surface area contributed by atoms with Gasteiger partial charge in [0.05, 0.1) is 27.8 Å². The molecule has 0 spiro atoms. The second-order valence-corrected chi connectivity index (χ2v) is 11.4. The van der Waals surface area contributed by atoms with Crippen LogP contribution in [0.1, 0.15) is 59.4 Å². The van der Waals surface area contributed by atoms with Gasteiger partial charge in [-0.3, -0.25) is 9.59 Å². The Labute approximate surface area is 270 Å². The summed E-state index contributed by atoms with van der Waals surface area (Å²) in [5.41, 5.74) is 0.708. The molecule has 0 bridgehead atoms. The normalized spacial score (nSPS) is 14.0. The van der Waals surface area contributed by atoms with Crippen LogP contribution >= 0.6 is 0 Å². The summed E-state index contributed by atoms with van der Waals surface area (Å²) < 4.78 is 49.4. The van der Waals surface area contributed by atoms with E-state index in [1.165, 1.54) is 68.8 Å². The predicted molar refractivity (Wildman–Crippen MR) is 174 cm³/mol. The lowest BCUT2D eigenvalue weighted by atomic mass is 9.95. The maximum Gasteiger partial charge on any atom is 0.417 e. The van der Waals surface area contributed by atoms with E-state index in [0.717, 1.165) is 18.9 Å². The Kier molecular flexibility index (Phi) is 10.4. The van der Waals surface area contributed by atoms with Crippen molar-refractivity contribution < 1.29 is 27.5 Å². The quantitative estimate of drug-likeness (QED) is 0.161. The topological polar surface area (TPSA) is 121 Å². The molecule has 4 aromatic rings. The third-order valence-corrected chi connectivity index (χ3v) is 8.18. The number of carbonyl (C=O) groups is 2. The summed E-state index contributed by atoms with van der Waals surface area (Å²) >= 11 is 0. The van der Waals surface area contributed by atoms with Crippen LogP contribution in [0.4, 0.5) is 24.5 Å². The van der Waals surface area contributed by atoms with Crippen molar-refractivity contribution in [3.8, 4) is 17.2 Å². The lowest BCUT2D eigenvalue weighted by molar-refractivity contribution is -0.137. The fourth-order valence-corrected chi connectivity index (χ4v) is 5.76. The zero-order valence-electron chi connectivity index (χ0n) is 26.1. The summed E-state index contributed by atoms with van der Waals surface area (Å²) in [6.45, 7) is 0.702. The molecule has 1 aliphatic carbocycles. The molecule has 0 radical (unpaired) electrons. The van der Waals surface area contributed by atoms with Gasteiger partial charge < -0.3 is 25.3 Å². The van der Waals surface area contributed by atoms with Gasteiger partial charge >= 0.3 is 6.18 Å². The van der Waals surface area contributed by atoms with Crippen LogP contribution in [0.2, 0.25) is 0 Å². The summed E-state index contributed by atoms with van der Waals surface area (Å²) in [6, 6.07) is 15.2. The zero-order chi connectivity index (χ0) is 33.6. The number of imidazole rings is 1. The van der Waals surface area contributed by atoms with Crippen LogP contribution in [-0.2, 0) is 29.4 Å². The number of nitrogens with zero attached hydrogens (tertiary/aromatic N) is 3. The molecule has 47 heavy (non-hydrogen) atoms. The summed E-state index contributed by atoms with van der Waals surface area (Å²) in [6.07, 6.45) is 4.43. The fraction of sp³-hybridized carbons (Fsp3) is 0.314. The number of aryl methyl sites for hydroxylation is 1. The first kappa shape index (κ1) is 33.4. The lowest BCUT2D eigenvalue weighted by Crippen LogP contribution is -2.31. The van der Waals surface area contributed by atoms with Gasteiger partial charge in [-0.15, -0.1) is 0 Å². The van der Waals surface area contributed by atoms with Gasteiger partial charge in [0.25, 0.3) is 5.91 Å². The van der Waals surface area contributed by atoms with Gasteiger partial charge in [-0.1, -0.05) is 37.5 Å². The highest BCUT2D eigenvalue weighted by Gasteiger charge is 2.35. The van der Waals surface area contributed by atoms with Crippen LogP contribution < -0.4 is 16.0 Å². The summed E-state index contributed by atoms with van der Waals surface area (Å²) in [5, 5.41) is 18.5. The van der Waals surface area contributed by atoms with Crippen molar-refractivity contribution in [2.45, 2.75) is 50.9 Å². The van der Waals surface area contributed by atoms with Gasteiger partial charge in [0, 0.05) is 44.1 Å². The Morgan fingerprint density at radius 3 is 2.60 bits per heavy atom. The minimum absolute atomic E-state index is 0.0832. The van der Waals surface area contributed by atoms with Crippen molar-refractivity contribution in [3.63, 3.8) is 0 Å². The number of anilines is 2. The number of hydrogen-bond donors (Lipinski definition) is 3. The third kappa shape index (κ3) is 8.06. The number of benzene rings is 3. The molecule has 0 atom stereocenters. The smallest absolute Gasteiger partial charge is 0.377 e. The van der Waals surface area contributed by atoms with E-state index in [4.69, 9.17) is 4.74 Å². The van der Waals surface area contributed by atoms with Crippen LogP contribution in [0.25, 0.3) is 22.2 Å². The molecule has 244 valence electrons. The first-order chi connectivity index (χ1) is 22.6. The van der Waals surface area contributed by atoms with Crippen LogP contribution in [0.15, 0.2) is 66.7 Å². The highest BCUT2D eigenvalue weighted by molar-refractivity contribution is 6.06. The molecule has 9 nitrogen and oxygen atoms in total. The highest BCUT2D eigenvalue weighted by atomic mass is 19.4. The highest BCUT2D eigenvalue weighted by Crippen LogP contribution is 2.40. The molecule has 0 saturated heterocycles. The molecule has 1 fully saturated rings. The van der Waals surface area contributed by atoms with E-state index in [1.807, 2.05) is 6.07 Å². The molecule has 0 aliphatic heterocycles. The van der Waals surface area contributed by atoms with Crippen molar-refractivity contribution >= 4 is 34.2 Å². The number of rotatable bonds is 10. The average molecular weight is 645 g/mol. The number of hydrogen-bond acceptors (Lipinski definition) is 6. The zero-order valence-corrected chi connectivity index (χ0v) is 26.1. The van der Waals surface area contributed by atoms with Gasteiger partial charge in [0.2, 0.25) is 5.91 Å². The largest absolute Gasteiger partial charge is 0.417 e. The second kappa shape index (κ2) is 14.6. The minimum atomic E-state index is -4.65. The number of halogens is 3. The molecule has 1 saturated carbocycles. The number of nitriles is 1. The molecule has 2 amide bonds. The first-order valence-corrected chi connectivity index (χ1v) is 15.3. The SMILES string of the molecule is COCc1nc2cc(-c3cccc(NC(=O)c4ccc(NC(=O)/C=C/CNC5CCCCC5)c(C#N)c4)c3)c(C(F)(F)F)cc2n1C. The van der Waals surface area contributed by atoms with Gasteiger partial charge in [-0.2, -0.15) is 18.4 Å². The fourth-order valence-electron chi connectivity index (χ4n) is 5.76. The maximum absolute atomic E-state index is 14.2. The van der Waals surface area contributed by atoms with E-state index in [-0.39, 0.29) is 40.2 Å². The standard InChI is InChI=1S/C35H35F3N6O3/c1-44-31-19-28(35(36,37)38)27(18-30(31)42-32(44)21-47-2)22-8-6-11-26(17-22)41-34(46)23-13-14-29(24(16-23)20-39)43-33(45)12-7-15-40-25-9-4-3-5-10-25/h6-8,11-14,16-19,25,40H,3-5,9-10,15,21H2,1-2H3,(H,41,46)(H,43,45)/b12-7+. The average Bonchev–Trinajstić information content (AvgIpc) is 3.36. The van der Waals surface area contributed by atoms with Crippen molar-refractivity contribution in [3.05, 3.63) is 89.3 Å². The van der Waals surface area contributed by atoms with Gasteiger partial charge in [-0.05, 0) is 66.4 Å². The Hall–Kier alpha value is -4.99. The lowest BCUT2D eigenvalue weighted by Gasteiger charge is -2.21. The first-order valence-electron chi connectivity index (χ1n) is 15.3. The molecule has 1 aliphatic rings. The second-order valence-electron chi connectivity index (χ2n) is 11.4. The Morgan fingerprint density at radius 1 is 1.09 bits per heavy atom. The van der Waals surface area contributed by atoms with E-state index in [1.54, 1.807) is 29.8 Å². The van der Waals surface area contributed by atoms with Gasteiger partial charge in [0.15, 0.2) is 0 Å². The summed E-state index contributed by atoms with van der Waals surface area (Å²) in [7, 11) is 3.11. The molecular weight excluding hydrogens is 609 g/mol. The number of fused-ring (bicyclic) bond motifs is 1. The number of aromatic nitrogens is 2. The van der Waals surface area contributed by atoms with Crippen LogP contribution in [0, 0.1) is 11.3 Å². The number of carbonyl (C=O) groups excluding carboxylic acids is 2. The van der Waals surface area contributed by atoms with Crippen LogP contribution in [-0.4, -0.2) is 41.1 Å². The Morgan fingerprint density at radius 2 is 1.87 bits per heavy atom. The number of ether oxygens (including phenoxy) is 1. The number of amides is 2. The van der Waals surface area contributed by atoms with Gasteiger partial charge in [-0.25, -0.2) is 4.98 Å². The Bertz CT molecular complexity index is 1850. The summed E-state index contributed by atoms with van der Waals surface area (Å²) in [4.78, 5) is 30.0. The predicted octanol–water partition coefficient (Wildman–Crippen LogP) is 6.95. The van der Waals surface area contributed by atoms with Crippen molar-refractivity contribution in [1.82, 2.24) is 14.9 Å². The molecule has 3 N–H and O–H groups in total. The van der Waals surface area contributed by atoms with E-state index in [0.29, 0.717) is 29.4 Å². The molecular formula is C35H35F3N6O3. The number of alkyl halides is 3. The van der Waals surface area contributed by atoms with Crippen molar-refractivity contribution in [2.75, 3.05) is 24.3 Å². The number of nitrogens with one attached hydrogen (secondary N) is 3. The molecule has 0 unspecified atom stereocenters. The summed E-state index contributed by atoms with van der Waals surface area (Å²) in [5.74, 6) is -0.502. The molecule has 3 aromatic carbocycles. The third-order valence-electron chi connectivity index (χ3n) is 8.18. The molecule has 12 heteroatoms. The van der Waals surface area contributed by atoms with Gasteiger partial charge in [0.1, 0.15) is 18.5 Å². The minimum Gasteiger partial charge on any atom is -0.377 e. The van der Waals surface area contributed by atoms with E-state index >= 15 is 0 Å². The van der Waals surface area contributed by atoms with E-state index < -0.39 is 23.6 Å². The van der Waals surface area contributed by atoms with Crippen LogP contribution in [0.5, 0.6) is 0 Å². The van der Waals surface area contributed by atoms with Crippen molar-refractivity contribution in [1.29, 1.82) is 5.26 Å². The van der Waals surface area contributed by atoms with E-state index in [9.17, 15) is 28.0 Å². The molecule has 1 heterocycles. The monoisotopic (exact) mass is 644 g/mol. The molecule has 1 aromatic heterocycles. The number of methoxy groups -OCH3 is 1. The Balaban J connectivity index is 1.30.